The molecule has 0 radical (unpaired) electrons. The first-order chi connectivity index (χ1) is 9.83. The van der Waals surface area contributed by atoms with Crippen LogP contribution in [0.2, 0.25) is 0 Å². The molecule has 0 N–H and O–H groups in total. The van der Waals surface area contributed by atoms with Gasteiger partial charge in [0.2, 0.25) is 0 Å². The molecule has 2 aromatic carbocycles. The monoisotopic (exact) mass is 270 g/mol. The number of hydrogen-bond acceptors (Lipinski definition) is 1. The first kappa shape index (κ1) is 14.9. The fourth-order valence-corrected chi connectivity index (χ4v) is 2.67. The fourth-order valence-electron chi connectivity index (χ4n) is 2.67. The first-order valence-corrected chi connectivity index (χ1v) is 7.90. The van der Waals surface area contributed by atoms with Crippen molar-refractivity contribution in [1.29, 1.82) is 0 Å². The molecule has 1 nitrogen and oxygen atoms in total. The Hall–Kier alpha value is -1.50. The van der Waals surface area contributed by atoms with E-state index in [0.717, 1.165) is 5.75 Å². The van der Waals surface area contributed by atoms with Crippen LogP contribution in [-0.4, -0.2) is 7.11 Å². The summed E-state index contributed by atoms with van der Waals surface area (Å²) in [5.41, 5.74) is 1.46. The molecule has 0 aliphatic carbocycles. The summed E-state index contributed by atoms with van der Waals surface area (Å²) in [5, 5.41) is 2.57. The molecule has 0 saturated carbocycles. The molecule has 0 aromatic heterocycles. The largest absolute Gasteiger partial charge is 0.497 e. The van der Waals surface area contributed by atoms with Crippen molar-refractivity contribution in [3.63, 3.8) is 0 Å². The third-order valence-corrected chi connectivity index (χ3v) is 3.93. The lowest BCUT2D eigenvalue weighted by Gasteiger charge is -2.06. The zero-order valence-electron chi connectivity index (χ0n) is 12.8. The number of aryl methyl sites for hydroxylation is 1. The molecule has 0 fully saturated rings. The van der Waals surface area contributed by atoms with Gasteiger partial charge in [-0.25, -0.2) is 0 Å². The van der Waals surface area contributed by atoms with Gasteiger partial charge in [0.15, 0.2) is 0 Å². The van der Waals surface area contributed by atoms with Crippen LogP contribution in [0.5, 0.6) is 5.75 Å². The highest BCUT2D eigenvalue weighted by atomic mass is 16.5. The normalized spacial score (nSPS) is 10.9. The summed E-state index contributed by atoms with van der Waals surface area (Å²) >= 11 is 0. The Balaban J connectivity index is 1.88. The van der Waals surface area contributed by atoms with Crippen LogP contribution in [0.15, 0.2) is 36.4 Å². The third kappa shape index (κ3) is 4.26. The zero-order chi connectivity index (χ0) is 14.2. The van der Waals surface area contributed by atoms with Gasteiger partial charge in [0, 0.05) is 0 Å². The van der Waals surface area contributed by atoms with E-state index in [1.807, 2.05) is 6.07 Å². The third-order valence-electron chi connectivity index (χ3n) is 3.93. The van der Waals surface area contributed by atoms with E-state index in [1.165, 1.54) is 61.3 Å². The van der Waals surface area contributed by atoms with Gasteiger partial charge in [-0.2, -0.15) is 0 Å². The van der Waals surface area contributed by atoms with Gasteiger partial charge in [-0.1, -0.05) is 63.3 Å². The number of unbranched alkanes of at least 4 members (excludes halogenated alkanes) is 5. The van der Waals surface area contributed by atoms with Crippen LogP contribution in [0.4, 0.5) is 0 Å². The van der Waals surface area contributed by atoms with E-state index < -0.39 is 0 Å². The second-order valence-electron chi connectivity index (χ2n) is 5.57. The van der Waals surface area contributed by atoms with Gasteiger partial charge in [-0.15, -0.1) is 0 Å². The van der Waals surface area contributed by atoms with Crippen molar-refractivity contribution in [3.8, 4) is 5.75 Å². The lowest BCUT2D eigenvalue weighted by atomic mass is 10.0. The van der Waals surface area contributed by atoms with E-state index in [4.69, 9.17) is 4.74 Å². The Morgan fingerprint density at radius 1 is 0.800 bits per heavy atom. The van der Waals surface area contributed by atoms with Crippen molar-refractivity contribution in [2.24, 2.45) is 0 Å². The Morgan fingerprint density at radius 3 is 2.30 bits per heavy atom. The number of rotatable bonds is 8. The summed E-state index contributed by atoms with van der Waals surface area (Å²) in [6.45, 7) is 2.27. The molecular formula is C19H26O. The van der Waals surface area contributed by atoms with Crippen LogP contribution in [-0.2, 0) is 6.42 Å². The second-order valence-corrected chi connectivity index (χ2v) is 5.57. The molecule has 0 saturated heterocycles. The van der Waals surface area contributed by atoms with E-state index in [-0.39, 0.29) is 0 Å². The van der Waals surface area contributed by atoms with Crippen molar-refractivity contribution in [3.05, 3.63) is 42.0 Å². The maximum atomic E-state index is 5.26. The average molecular weight is 270 g/mol. The lowest BCUT2D eigenvalue weighted by Crippen LogP contribution is -1.87. The molecule has 0 spiro atoms. The summed E-state index contributed by atoms with van der Waals surface area (Å²) in [4.78, 5) is 0. The van der Waals surface area contributed by atoms with E-state index in [9.17, 15) is 0 Å². The highest BCUT2D eigenvalue weighted by Gasteiger charge is 1.99. The molecule has 0 amide bonds. The molecule has 1 heteroatoms. The Kier molecular flexibility index (Phi) is 5.91. The topological polar surface area (TPSA) is 9.23 Å². The highest BCUT2D eigenvalue weighted by Crippen LogP contribution is 2.22. The van der Waals surface area contributed by atoms with Gasteiger partial charge >= 0.3 is 0 Å². The maximum absolute atomic E-state index is 5.26. The van der Waals surface area contributed by atoms with Gasteiger partial charge in [-0.3, -0.25) is 0 Å². The average Bonchev–Trinajstić information content (AvgIpc) is 2.50. The summed E-state index contributed by atoms with van der Waals surface area (Å²) in [6.07, 6.45) is 9.37. The van der Waals surface area contributed by atoms with Gasteiger partial charge < -0.3 is 4.74 Å². The van der Waals surface area contributed by atoms with Crippen LogP contribution in [0, 0.1) is 0 Å². The SMILES string of the molecule is CCCCCCCCc1ccc2cc(OC)ccc2c1. The molecule has 0 bridgehead atoms. The predicted octanol–water partition coefficient (Wildman–Crippen LogP) is 5.75. The smallest absolute Gasteiger partial charge is 0.119 e. The van der Waals surface area contributed by atoms with Crippen LogP contribution in [0.25, 0.3) is 10.8 Å². The van der Waals surface area contributed by atoms with Crippen molar-refractivity contribution < 1.29 is 4.74 Å². The van der Waals surface area contributed by atoms with Crippen LogP contribution in [0.3, 0.4) is 0 Å². The Bertz CT molecular complexity index is 530. The fraction of sp³-hybridized carbons (Fsp3) is 0.474. The van der Waals surface area contributed by atoms with Crippen molar-refractivity contribution in [2.75, 3.05) is 7.11 Å². The highest BCUT2D eigenvalue weighted by molar-refractivity contribution is 5.84. The molecule has 2 rings (SSSR count). The minimum absolute atomic E-state index is 0.932. The minimum Gasteiger partial charge on any atom is -0.497 e. The molecule has 0 unspecified atom stereocenters. The predicted molar refractivity (Wildman–Crippen MR) is 87.6 cm³/mol. The molecule has 0 aliphatic rings. The summed E-state index contributed by atoms with van der Waals surface area (Å²) in [6, 6.07) is 13.1. The molecular weight excluding hydrogens is 244 g/mol. The molecule has 0 atom stereocenters. The molecule has 0 aliphatic heterocycles. The van der Waals surface area contributed by atoms with E-state index in [0.29, 0.717) is 0 Å². The Labute approximate surface area is 123 Å². The second kappa shape index (κ2) is 7.94. The number of hydrogen-bond donors (Lipinski definition) is 0. The number of methoxy groups -OCH3 is 1. The van der Waals surface area contributed by atoms with Gasteiger partial charge in [0.05, 0.1) is 7.11 Å². The molecule has 2 aromatic rings. The molecule has 0 heterocycles. The van der Waals surface area contributed by atoms with E-state index >= 15 is 0 Å². The van der Waals surface area contributed by atoms with Crippen molar-refractivity contribution in [1.82, 2.24) is 0 Å². The zero-order valence-corrected chi connectivity index (χ0v) is 12.8. The minimum atomic E-state index is 0.932. The summed E-state index contributed by atoms with van der Waals surface area (Å²) in [5.74, 6) is 0.932. The summed E-state index contributed by atoms with van der Waals surface area (Å²) in [7, 11) is 1.72. The number of ether oxygens (including phenoxy) is 1. The number of fused-ring (bicyclic) bond motifs is 1. The van der Waals surface area contributed by atoms with Gasteiger partial charge in [0.1, 0.15) is 5.75 Å². The van der Waals surface area contributed by atoms with Gasteiger partial charge in [-0.05, 0) is 41.3 Å². The summed E-state index contributed by atoms with van der Waals surface area (Å²) < 4.78 is 5.26. The first-order valence-electron chi connectivity index (χ1n) is 7.90. The molecule has 108 valence electrons. The molecule has 20 heavy (non-hydrogen) atoms. The van der Waals surface area contributed by atoms with Crippen LogP contribution >= 0.6 is 0 Å². The van der Waals surface area contributed by atoms with Crippen molar-refractivity contribution in [2.45, 2.75) is 51.9 Å². The number of benzene rings is 2. The van der Waals surface area contributed by atoms with Crippen molar-refractivity contribution >= 4 is 10.8 Å². The standard InChI is InChI=1S/C19H26O/c1-3-4-5-6-7-8-9-16-10-11-18-15-19(20-2)13-12-17(18)14-16/h10-15H,3-9H2,1-2H3. The van der Waals surface area contributed by atoms with Gasteiger partial charge in [0.25, 0.3) is 0 Å². The van der Waals surface area contributed by atoms with Crippen LogP contribution in [0.1, 0.15) is 51.0 Å². The lowest BCUT2D eigenvalue weighted by molar-refractivity contribution is 0.415. The Morgan fingerprint density at radius 2 is 1.50 bits per heavy atom. The van der Waals surface area contributed by atoms with E-state index in [1.54, 1.807) is 7.11 Å². The quantitative estimate of drug-likeness (QED) is 0.555. The maximum Gasteiger partial charge on any atom is 0.119 e. The van der Waals surface area contributed by atoms with E-state index in [2.05, 4.69) is 37.3 Å². The van der Waals surface area contributed by atoms with Crippen LogP contribution < -0.4 is 4.74 Å².